The summed E-state index contributed by atoms with van der Waals surface area (Å²) < 4.78 is 7.21. The van der Waals surface area contributed by atoms with Crippen molar-refractivity contribution in [3.63, 3.8) is 0 Å². The molecular weight excluding hydrogens is 352 g/mol. The van der Waals surface area contributed by atoms with E-state index in [1.807, 2.05) is 30.0 Å². The summed E-state index contributed by atoms with van der Waals surface area (Å²) >= 11 is 1.32. The summed E-state index contributed by atoms with van der Waals surface area (Å²) in [6.07, 6.45) is 2.89. The number of nitrogens with one attached hydrogen (secondary N) is 1. The highest BCUT2D eigenvalue weighted by Gasteiger charge is 2.29. The molecule has 2 aliphatic rings. The Kier molecular flexibility index (Phi) is 4.86. The van der Waals surface area contributed by atoms with Gasteiger partial charge in [-0.1, -0.05) is 30.0 Å². The van der Waals surface area contributed by atoms with E-state index < -0.39 is 0 Å². The van der Waals surface area contributed by atoms with Crippen LogP contribution in [-0.2, 0) is 22.5 Å². The second-order valence-electron chi connectivity index (χ2n) is 6.69. The Morgan fingerprint density at radius 3 is 3.12 bits per heavy atom. The van der Waals surface area contributed by atoms with E-state index in [1.165, 1.54) is 17.3 Å². The number of rotatable bonds is 5. The molecule has 2 aliphatic heterocycles. The van der Waals surface area contributed by atoms with Gasteiger partial charge in [0.1, 0.15) is 0 Å². The monoisotopic (exact) mass is 374 g/mol. The second-order valence-corrected chi connectivity index (χ2v) is 7.99. The molecule has 0 radical (unpaired) electrons. The first kappa shape index (κ1) is 17.4. The van der Waals surface area contributed by atoms with Crippen LogP contribution in [0, 0.1) is 0 Å². The summed E-state index contributed by atoms with van der Waals surface area (Å²) in [6.45, 7) is 3.78. The first-order valence-electron chi connectivity index (χ1n) is 8.96. The minimum absolute atomic E-state index is 0.0408. The molecule has 1 amide bonds. The molecule has 2 atom stereocenters. The van der Waals surface area contributed by atoms with Gasteiger partial charge in [-0.15, -0.1) is 5.10 Å². The molecule has 2 unspecified atom stereocenters. The number of thioether (sulfide) groups is 1. The summed E-state index contributed by atoms with van der Waals surface area (Å²) in [6, 6.07) is 8.00. The van der Waals surface area contributed by atoms with Gasteiger partial charge in [0.2, 0.25) is 5.91 Å². The third kappa shape index (κ3) is 3.31. The van der Waals surface area contributed by atoms with Gasteiger partial charge < -0.3 is 9.64 Å². The average molecular weight is 374 g/mol. The van der Waals surface area contributed by atoms with Crippen LogP contribution in [0.25, 0.3) is 0 Å². The number of benzene rings is 1. The number of fused-ring (bicyclic) bond motifs is 1. The number of hydrogen-bond donors (Lipinski definition) is 1. The molecule has 1 aromatic heterocycles. The van der Waals surface area contributed by atoms with Crippen LogP contribution in [0.4, 0.5) is 5.69 Å². The van der Waals surface area contributed by atoms with Crippen LogP contribution in [0.3, 0.4) is 0 Å². The molecule has 0 saturated carbocycles. The van der Waals surface area contributed by atoms with Crippen molar-refractivity contribution in [2.75, 3.05) is 18.1 Å². The Labute approximate surface area is 155 Å². The molecule has 4 rings (SSSR count). The molecule has 0 aliphatic carbocycles. The Bertz CT molecular complexity index is 856. The fourth-order valence-corrected chi connectivity index (χ4v) is 4.47. The standard InChI is InChI=1S/C18H22N4O3S/c1-12(16(23)21-9-8-13-5-2-3-7-15(13)21)26-18-20-19-17(24)22(18)11-14-6-4-10-25-14/h2-3,5,7,12,14H,4,6,8-11H2,1H3,(H,19,24). The molecule has 0 spiro atoms. The summed E-state index contributed by atoms with van der Waals surface area (Å²) in [4.78, 5) is 26.8. The largest absolute Gasteiger partial charge is 0.376 e. The molecule has 1 fully saturated rings. The number of amides is 1. The zero-order chi connectivity index (χ0) is 18.1. The number of para-hydroxylation sites is 1. The van der Waals surface area contributed by atoms with Crippen molar-refractivity contribution in [3.05, 3.63) is 40.3 Å². The maximum absolute atomic E-state index is 12.9. The van der Waals surface area contributed by atoms with Gasteiger partial charge in [-0.3, -0.25) is 9.36 Å². The quantitative estimate of drug-likeness (QED) is 0.808. The van der Waals surface area contributed by atoms with E-state index in [4.69, 9.17) is 4.74 Å². The number of aromatic nitrogens is 3. The van der Waals surface area contributed by atoms with Gasteiger partial charge in [-0.05, 0) is 37.8 Å². The number of carbonyl (C=O) groups excluding carboxylic acids is 1. The van der Waals surface area contributed by atoms with E-state index >= 15 is 0 Å². The van der Waals surface area contributed by atoms with Crippen LogP contribution < -0.4 is 10.6 Å². The molecule has 138 valence electrons. The van der Waals surface area contributed by atoms with E-state index in [-0.39, 0.29) is 23.0 Å². The Morgan fingerprint density at radius 1 is 1.46 bits per heavy atom. The topological polar surface area (TPSA) is 80.2 Å². The highest BCUT2D eigenvalue weighted by molar-refractivity contribution is 8.00. The van der Waals surface area contributed by atoms with Gasteiger partial charge in [0.05, 0.1) is 17.9 Å². The van der Waals surface area contributed by atoms with Crippen LogP contribution in [0.5, 0.6) is 0 Å². The van der Waals surface area contributed by atoms with Gasteiger partial charge in [-0.2, -0.15) is 0 Å². The SMILES string of the molecule is CC(Sc1n[nH]c(=O)n1CC1CCCO1)C(=O)N1CCc2ccccc21. The van der Waals surface area contributed by atoms with E-state index in [0.717, 1.165) is 31.6 Å². The van der Waals surface area contributed by atoms with Crippen molar-refractivity contribution in [2.24, 2.45) is 0 Å². The first-order chi connectivity index (χ1) is 12.6. The lowest BCUT2D eigenvalue weighted by molar-refractivity contribution is -0.117. The van der Waals surface area contributed by atoms with Crippen LogP contribution in [0.2, 0.25) is 0 Å². The van der Waals surface area contributed by atoms with Crippen LogP contribution >= 0.6 is 11.8 Å². The molecule has 1 aromatic carbocycles. The fraction of sp³-hybridized carbons (Fsp3) is 0.500. The first-order valence-corrected chi connectivity index (χ1v) is 9.84. The van der Waals surface area contributed by atoms with Crippen molar-refractivity contribution in [1.29, 1.82) is 0 Å². The van der Waals surface area contributed by atoms with E-state index in [9.17, 15) is 9.59 Å². The smallest absolute Gasteiger partial charge is 0.344 e. The van der Waals surface area contributed by atoms with Gasteiger partial charge in [0.25, 0.3) is 0 Å². The molecule has 7 nitrogen and oxygen atoms in total. The van der Waals surface area contributed by atoms with Gasteiger partial charge in [0, 0.05) is 18.8 Å². The number of nitrogens with zero attached hydrogens (tertiary/aromatic N) is 3. The summed E-state index contributed by atoms with van der Waals surface area (Å²) in [5.74, 6) is 0.0408. The Morgan fingerprint density at radius 2 is 2.31 bits per heavy atom. The summed E-state index contributed by atoms with van der Waals surface area (Å²) in [5, 5.41) is 6.82. The number of aromatic amines is 1. The lowest BCUT2D eigenvalue weighted by Gasteiger charge is -2.21. The molecule has 3 heterocycles. The van der Waals surface area contributed by atoms with Gasteiger partial charge in [0.15, 0.2) is 5.16 Å². The third-order valence-corrected chi connectivity index (χ3v) is 5.99. The van der Waals surface area contributed by atoms with Crippen molar-refractivity contribution in [3.8, 4) is 0 Å². The minimum atomic E-state index is -0.334. The highest BCUT2D eigenvalue weighted by atomic mass is 32.2. The maximum Gasteiger partial charge on any atom is 0.344 e. The van der Waals surface area contributed by atoms with Crippen molar-refractivity contribution >= 4 is 23.4 Å². The fourth-order valence-electron chi connectivity index (χ4n) is 3.54. The predicted octanol–water partition coefficient (Wildman–Crippen LogP) is 1.82. The number of carbonyl (C=O) groups is 1. The Hall–Kier alpha value is -2.06. The lowest BCUT2D eigenvalue weighted by Crippen LogP contribution is -2.35. The number of hydrogen-bond acceptors (Lipinski definition) is 5. The highest BCUT2D eigenvalue weighted by Crippen LogP contribution is 2.31. The maximum atomic E-state index is 12.9. The number of H-pyrrole nitrogens is 1. The summed E-state index contributed by atoms with van der Waals surface area (Å²) in [7, 11) is 0. The lowest BCUT2D eigenvalue weighted by atomic mass is 10.2. The van der Waals surface area contributed by atoms with Gasteiger partial charge >= 0.3 is 5.69 Å². The van der Waals surface area contributed by atoms with E-state index in [1.54, 1.807) is 4.57 Å². The minimum Gasteiger partial charge on any atom is -0.376 e. The molecule has 1 saturated heterocycles. The van der Waals surface area contributed by atoms with Crippen LogP contribution in [0.15, 0.2) is 34.2 Å². The van der Waals surface area contributed by atoms with Crippen molar-refractivity contribution in [2.45, 2.75) is 49.2 Å². The normalized spacial score (nSPS) is 20.3. The van der Waals surface area contributed by atoms with Crippen molar-refractivity contribution < 1.29 is 9.53 Å². The summed E-state index contributed by atoms with van der Waals surface area (Å²) in [5.41, 5.74) is 1.94. The van der Waals surface area contributed by atoms with Crippen LogP contribution in [0.1, 0.15) is 25.3 Å². The van der Waals surface area contributed by atoms with Crippen LogP contribution in [-0.4, -0.2) is 45.2 Å². The number of ether oxygens (including phenoxy) is 1. The third-order valence-electron chi connectivity index (χ3n) is 4.92. The van der Waals surface area contributed by atoms with Crippen molar-refractivity contribution in [1.82, 2.24) is 14.8 Å². The second kappa shape index (κ2) is 7.28. The molecular formula is C18H22N4O3S. The predicted molar refractivity (Wildman–Crippen MR) is 99.6 cm³/mol. The molecule has 2 aromatic rings. The molecule has 8 heteroatoms. The van der Waals surface area contributed by atoms with Gasteiger partial charge in [-0.25, -0.2) is 9.89 Å². The number of anilines is 1. The zero-order valence-corrected chi connectivity index (χ0v) is 15.5. The zero-order valence-electron chi connectivity index (χ0n) is 14.7. The van der Waals surface area contributed by atoms with E-state index in [2.05, 4.69) is 16.3 Å². The van der Waals surface area contributed by atoms with E-state index in [0.29, 0.717) is 18.2 Å². The molecule has 26 heavy (non-hydrogen) atoms. The molecule has 1 N–H and O–H groups in total. The average Bonchev–Trinajstić information content (AvgIpc) is 3.37. The Balaban J connectivity index is 1.47. The molecule has 0 bridgehead atoms.